The van der Waals surface area contributed by atoms with Crippen LogP contribution in [-0.2, 0) is 10.0 Å². The minimum atomic E-state index is -3.53. The lowest BCUT2D eigenvalue weighted by atomic mass is 10.1. The number of sulfonamides is 1. The summed E-state index contributed by atoms with van der Waals surface area (Å²) >= 11 is 0. The number of hydrogen-bond acceptors (Lipinski definition) is 4. The van der Waals surface area contributed by atoms with Crippen LogP contribution in [0.25, 0.3) is 5.69 Å². The van der Waals surface area contributed by atoms with Crippen LogP contribution < -0.4 is 5.32 Å². The van der Waals surface area contributed by atoms with E-state index in [-0.39, 0.29) is 5.03 Å². The van der Waals surface area contributed by atoms with E-state index in [1.165, 1.54) is 15.2 Å². The Labute approximate surface area is 130 Å². The van der Waals surface area contributed by atoms with E-state index in [0.717, 1.165) is 16.8 Å². The van der Waals surface area contributed by atoms with Crippen molar-refractivity contribution in [1.29, 1.82) is 0 Å². The third kappa shape index (κ3) is 2.67. The second kappa shape index (κ2) is 5.83. The Bertz CT molecular complexity index is 777. The molecule has 1 N–H and O–H groups in total. The predicted octanol–water partition coefficient (Wildman–Crippen LogP) is 1.08. The van der Waals surface area contributed by atoms with E-state index in [9.17, 15) is 8.42 Å². The molecule has 0 aliphatic carbocycles. The molecule has 2 heterocycles. The van der Waals surface area contributed by atoms with Gasteiger partial charge in [0.1, 0.15) is 0 Å². The summed E-state index contributed by atoms with van der Waals surface area (Å²) in [5, 5.41) is 7.64. The van der Waals surface area contributed by atoms with Gasteiger partial charge < -0.3 is 5.32 Å². The van der Waals surface area contributed by atoms with E-state index >= 15 is 0 Å². The number of piperazine rings is 1. The Morgan fingerprint density at radius 1 is 1.14 bits per heavy atom. The van der Waals surface area contributed by atoms with Gasteiger partial charge in [-0.3, -0.25) is 0 Å². The van der Waals surface area contributed by atoms with Crippen molar-refractivity contribution in [2.45, 2.75) is 18.9 Å². The zero-order chi connectivity index (χ0) is 15.7. The summed E-state index contributed by atoms with van der Waals surface area (Å²) in [6.07, 6.45) is 1.54. The van der Waals surface area contributed by atoms with Crippen LogP contribution in [-0.4, -0.2) is 48.7 Å². The maximum Gasteiger partial charge on any atom is 0.260 e. The molecule has 2 aromatic rings. The van der Waals surface area contributed by atoms with Crippen LogP contribution in [0.5, 0.6) is 0 Å². The topological polar surface area (TPSA) is 67.2 Å². The first-order valence-electron chi connectivity index (χ1n) is 7.33. The van der Waals surface area contributed by atoms with Crippen LogP contribution in [0.4, 0.5) is 0 Å². The molecular formula is C15H20N4O2S. The highest BCUT2D eigenvalue weighted by Gasteiger charge is 2.29. The zero-order valence-corrected chi connectivity index (χ0v) is 13.6. The average Bonchev–Trinajstić information content (AvgIpc) is 3.01. The lowest BCUT2D eigenvalue weighted by Gasteiger charge is -2.26. The highest BCUT2D eigenvalue weighted by Crippen LogP contribution is 2.22. The molecule has 0 saturated carbocycles. The van der Waals surface area contributed by atoms with Crippen LogP contribution in [0.2, 0.25) is 0 Å². The highest BCUT2D eigenvalue weighted by atomic mass is 32.2. The number of nitrogens with zero attached hydrogens (tertiary/aromatic N) is 3. The molecule has 1 aromatic carbocycles. The third-order valence-corrected chi connectivity index (χ3v) is 5.76. The van der Waals surface area contributed by atoms with Crippen LogP contribution in [0, 0.1) is 13.8 Å². The summed E-state index contributed by atoms with van der Waals surface area (Å²) < 4.78 is 28.8. The number of rotatable bonds is 3. The SMILES string of the molecule is Cc1ccc(C)c(-n2nccc2S(=O)(=O)N2CCNCC2)c1. The van der Waals surface area contributed by atoms with Gasteiger partial charge in [0, 0.05) is 26.2 Å². The molecule has 0 unspecified atom stereocenters. The van der Waals surface area contributed by atoms with E-state index in [2.05, 4.69) is 10.4 Å². The molecule has 22 heavy (non-hydrogen) atoms. The largest absolute Gasteiger partial charge is 0.314 e. The Hall–Kier alpha value is -1.70. The minimum Gasteiger partial charge on any atom is -0.314 e. The maximum absolute atomic E-state index is 12.9. The lowest BCUT2D eigenvalue weighted by molar-refractivity contribution is 0.358. The number of hydrogen-bond donors (Lipinski definition) is 1. The Kier molecular flexibility index (Phi) is 4.03. The van der Waals surface area contributed by atoms with Crippen LogP contribution in [0.1, 0.15) is 11.1 Å². The first-order valence-corrected chi connectivity index (χ1v) is 8.77. The summed E-state index contributed by atoms with van der Waals surface area (Å²) in [4.78, 5) is 0. The highest BCUT2D eigenvalue weighted by molar-refractivity contribution is 7.89. The third-order valence-electron chi connectivity index (χ3n) is 3.88. The minimum absolute atomic E-state index is 0.225. The van der Waals surface area contributed by atoms with Crippen LogP contribution in [0.3, 0.4) is 0 Å². The molecule has 3 rings (SSSR count). The molecule has 1 aromatic heterocycles. The van der Waals surface area contributed by atoms with Crippen molar-refractivity contribution in [2.24, 2.45) is 0 Å². The molecule has 0 atom stereocenters. The van der Waals surface area contributed by atoms with Gasteiger partial charge in [0.15, 0.2) is 5.03 Å². The summed E-state index contributed by atoms with van der Waals surface area (Å²) in [6.45, 7) is 6.27. The standard InChI is InChI=1S/C15H20N4O2S/c1-12-3-4-13(2)14(11-12)19-15(5-6-17-19)22(20,21)18-9-7-16-8-10-18/h3-6,11,16H,7-10H2,1-2H3. The molecule has 0 amide bonds. The van der Waals surface area contributed by atoms with Gasteiger partial charge >= 0.3 is 0 Å². The first-order chi connectivity index (χ1) is 10.5. The number of benzene rings is 1. The van der Waals surface area contributed by atoms with Crippen molar-refractivity contribution in [2.75, 3.05) is 26.2 Å². The Balaban J connectivity index is 2.07. The zero-order valence-electron chi connectivity index (χ0n) is 12.8. The molecule has 0 bridgehead atoms. The summed E-state index contributed by atoms with van der Waals surface area (Å²) in [6, 6.07) is 7.51. The fourth-order valence-electron chi connectivity index (χ4n) is 2.63. The van der Waals surface area contributed by atoms with E-state index in [1.54, 1.807) is 6.07 Å². The van der Waals surface area contributed by atoms with Gasteiger partial charge in [0.2, 0.25) is 0 Å². The van der Waals surface area contributed by atoms with Gasteiger partial charge in [0.05, 0.1) is 11.9 Å². The fourth-order valence-corrected chi connectivity index (χ4v) is 4.16. The van der Waals surface area contributed by atoms with Crippen molar-refractivity contribution >= 4 is 10.0 Å². The normalized spacial score (nSPS) is 16.8. The molecule has 0 radical (unpaired) electrons. The number of nitrogens with one attached hydrogen (secondary N) is 1. The monoisotopic (exact) mass is 320 g/mol. The summed E-state index contributed by atoms with van der Waals surface area (Å²) in [5.41, 5.74) is 2.87. The van der Waals surface area contributed by atoms with Gasteiger partial charge in [-0.15, -0.1) is 0 Å². The van der Waals surface area contributed by atoms with Crippen LogP contribution >= 0.6 is 0 Å². The Morgan fingerprint density at radius 3 is 2.59 bits per heavy atom. The summed E-state index contributed by atoms with van der Waals surface area (Å²) in [5.74, 6) is 0. The lowest BCUT2D eigenvalue weighted by Crippen LogP contribution is -2.46. The van der Waals surface area contributed by atoms with Crippen molar-refractivity contribution < 1.29 is 8.42 Å². The summed E-state index contributed by atoms with van der Waals surface area (Å²) in [7, 11) is -3.53. The molecule has 1 aliphatic rings. The molecule has 6 nitrogen and oxygen atoms in total. The average molecular weight is 320 g/mol. The second-order valence-corrected chi connectivity index (χ2v) is 7.41. The van der Waals surface area contributed by atoms with Crippen molar-refractivity contribution in [3.05, 3.63) is 41.6 Å². The van der Waals surface area contributed by atoms with Gasteiger partial charge in [-0.2, -0.15) is 9.40 Å². The fraction of sp³-hybridized carbons (Fsp3) is 0.400. The second-order valence-electron chi connectivity index (χ2n) is 5.53. The van der Waals surface area contributed by atoms with Gasteiger partial charge in [-0.1, -0.05) is 12.1 Å². The predicted molar refractivity (Wildman–Crippen MR) is 84.7 cm³/mol. The van der Waals surface area contributed by atoms with Crippen LogP contribution in [0.15, 0.2) is 35.5 Å². The van der Waals surface area contributed by atoms with E-state index in [4.69, 9.17) is 0 Å². The number of aryl methyl sites for hydroxylation is 2. The molecular weight excluding hydrogens is 300 g/mol. The molecule has 1 aliphatic heterocycles. The molecule has 118 valence electrons. The van der Waals surface area contributed by atoms with Crippen molar-refractivity contribution in [3.8, 4) is 5.69 Å². The molecule has 0 spiro atoms. The molecule has 1 fully saturated rings. The van der Waals surface area contributed by atoms with Crippen molar-refractivity contribution in [3.63, 3.8) is 0 Å². The Morgan fingerprint density at radius 2 is 1.86 bits per heavy atom. The smallest absolute Gasteiger partial charge is 0.260 e. The molecule has 1 saturated heterocycles. The van der Waals surface area contributed by atoms with E-state index in [1.807, 2.05) is 32.0 Å². The van der Waals surface area contributed by atoms with Gasteiger partial charge in [-0.05, 0) is 37.1 Å². The first kappa shape index (κ1) is 15.2. The van der Waals surface area contributed by atoms with Crippen molar-refractivity contribution in [1.82, 2.24) is 19.4 Å². The van der Waals surface area contributed by atoms with Gasteiger partial charge in [-0.25, -0.2) is 13.1 Å². The quantitative estimate of drug-likeness (QED) is 0.919. The van der Waals surface area contributed by atoms with E-state index < -0.39 is 10.0 Å². The van der Waals surface area contributed by atoms with E-state index in [0.29, 0.717) is 26.2 Å². The molecule has 7 heteroatoms. The van der Waals surface area contributed by atoms with Gasteiger partial charge in [0.25, 0.3) is 10.0 Å². The number of aromatic nitrogens is 2. The maximum atomic E-state index is 12.9.